The van der Waals surface area contributed by atoms with Crippen molar-refractivity contribution in [3.05, 3.63) is 77.2 Å². The number of hydrogen-bond acceptors (Lipinski definition) is 1. The SMILES string of the molecule is O=C(C[n+]1cc(-c2ccc(Cl)cc2)n2c1CCC2)NCCc1ccccc1.[Cl-]. The molecule has 28 heavy (non-hydrogen) atoms. The number of halogens is 2. The van der Waals surface area contributed by atoms with Crippen molar-refractivity contribution in [2.24, 2.45) is 0 Å². The Morgan fingerprint density at radius 3 is 2.61 bits per heavy atom. The van der Waals surface area contributed by atoms with Crippen molar-refractivity contribution in [1.82, 2.24) is 9.88 Å². The highest BCUT2D eigenvalue weighted by Crippen LogP contribution is 2.25. The van der Waals surface area contributed by atoms with Crippen LogP contribution in [0.15, 0.2) is 60.8 Å². The van der Waals surface area contributed by atoms with Crippen LogP contribution in [0.1, 0.15) is 17.8 Å². The van der Waals surface area contributed by atoms with E-state index in [4.69, 9.17) is 11.6 Å². The van der Waals surface area contributed by atoms with E-state index in [9.17, 15) is 4.79 Å². The Bertz CT molecular complexity index is 936. The molecule has 3 aromatic rings. The number of aromatic nitrogens is 2. The molecule has 1 aliphatic rings. The van der Waals surface area contributed by atoms with Gasteiger partial charge in [-0.25, -0.2) is 9.13 Å². The van der Waals surface area contributed by atoms with Gasteiger partial charge in [0, 0.05) is 17.1 Å². The Kier molecular flexibility index (Phi) is 6.76. The summed E-state index contributed by atoms with van der Waals surface area (Å²) in [6.45, 7) is 2.01. The number of nitrogens with zero attached hydrogens (tertiary/aromatic N) is 2. The third-order valence-corrected chi connectivity index (χ3v) is 5.28. The summed E-state index contributed by atoms with van der Waals surface area (Å²) in [6, 6.07) is 18.1. The first kappa shape index (κ1) is 20.4. The van der Waals surface area contributed by atoms with Gasteiger partial charge in [0.1, 0.15) is 6.20 Å². The molecule has 1 aromatic heterocycles. The van der Waals surface area contributed by atoms with Crippen LogP contribution in [0, 0.1) is 0 Å². The monoisotopic (exact) mass is 415 g/mol. The molecular formula is C22H23Cl2N3O. The molecule has 0 bridgehead atoms. The third kappa shape index (κ3) is 4.57. The van der Waals surface area contributed by atoms with Crippen molar-refractivity contribution < 1.29 is 21.8 Å². The minimum Gasteiger partial charge on any atom is -1.00 e. The molecule has 0 spiro atoms. The van der Waals surface area contributed by atoms with Crippen LogP contribution in [0.2, 0.25) is 5.02 Å². The topological polar surface area (TPSA) is 37.9 Å². The lowest BCUT2D eigenvalue weighted by Crippen LogP contribution is -3.00. The molecule has 0 fully saturated rings. The highest BCUT2D eigenvalue weighted by Gasteiger charge is 2.29. The van der Waals surface area contributed by atoms with Gasteiger partial charge in [0.25, 0.3) is 11.7 Å². The van der Waals surface area contributed by atoms with E-state index in [1.807, 2.05) is 42.5 Å². The maximum Gasteiger partial charge on any atom is 0.262 e. The van der Waals surface area contributed by atoms with Crippen LogP contribution in [0.5, 0.6) is 0 Å². The van der Waals surface area contributed by atoms with Gasteiger partial charge in [-0.15, -0.1) is 0 Å². The van der Waals surface area contributed by atoms with Crippen LogP contribution >= 0.6 is 11.6 Å². The van der Waals surface area contributed by atoms with Gasteiger partial charge in [0.2, 0.25) is 0 Å². The maximum absolute atomic E-state index is 12.4. The van der Waals surface area contributed by atoms with E-state index in [-0.39, 0.29) is 18.3 Å². The number of carbonyl (C=O) groups is 1. The maximum atomic E-state index is 12.4. The zero-order chi connectivity index (χ0) is 18.6. The van der Waals surface area contributed by atoms with Crippen molar-refractivity contribution in [2.45, 2.75) is 32.4 Å². The van der Waals surface area contributed by atoms with E-state index in [1.165, 1.54) is 11.4 Å². The zero-order valence-electron chi connectivity index (χ0n) is 15.6. The molecule has 4 nitrogen and oxygen atoms in total. The Labute approximate surface area is 176 Å². The summed E-state index contributed by atoms with van der Waals surface area (Å²) >= 11 is 6.02. The number of nitrogens with one attached hydrogen (secondary N) is 1. The Hall–Kier alpha value is -2.30. The second-order valence-electron chi connectivity index (χ2n) is 6.91. The number of rotatable bonds is 6. The Morgan fingerprint density at radius 2 is 1.86 bits per heavy atom. The van der Waals surface area contributed by atoms with Gasteiger partial charge >= 0.3 is 0 Å². The zero-order valence-corrected chi connectivity index (χ0v) is 17.1. The summed E-state index contributed by atoms with van der Waals surface area (Å²) in [7, 11) is 0. The predicted molar refractivity (Wildman–Crippen MR) is 107 cm³/mol. The lowest BCUT2D eigenvalue weighted by atomic mass is 10.1. The molecule has 0 aliphatic carbocycles. The van der Waals surface area contributed by atoms with Crippen molar-refractivity contribution >= 4 is 17.5 Å². The van der Waals surface area contributed by atoms with Crippen LogP contribution in [-0.4, -0.2) is 17.0 Å². The highest BCUT2D eigenvalue weighted by atomic mass is 35.5. The molecule has 4 rings (SSSR count). The highest BCUT2D eigenvalue weighted by molar-refractivity contribution is 6.30. The minimum absolute atomic E-state index is 0. The third-order valence-electron chi connectivity index (χ3n) is 5.03. The minimum atomic E-state index is 0. The Balaban J connectivity index is 0.00000225. The van der Waals surface area contributed by atoms with Gasteiger partial charge in [0.15, 0.2) is 12.2 Å². The van der Waals surface area contributed by atoms with Gasteiger partial charge in [-0.3, -0.25) is 4.79 Å². The van der Waals surface area contributed by atoms with E-state index in [2.05, 4.69) is 32.8 Å². The predicted octanol–water partition coefficient (Wildman–Crippen LogP) is 0.405. The molecule has 0 saturated carbocycles. The first-order valence-corrected chi connectivity index (χ1v) is 9.77. The molecule has 1 amide bonds. The molecular weight excluding hydrogens is 393 g/mol. The average Bonchev–Trinajstić information content (AvgIpc) is 3.27. The van der Waals surface area contributed by atoms with Gasteiger partial charge in [0.05, 0.1) is 13.0 Å². The molecule has 1 aliphatic heterocycles. The normalized spacial score (nSPS) is 12.3. The fourth-order valence-electron chi connectivity index (χ4n) is 3.70. The van der Waals surface area contributed by atoms with Gasteiger partial charge in [-0.05, 0) is 42.7 Å². The molecule has 0 saturated heterocycles. The number of amides is 1. The van der Waals surface area contributed by atoms with Crippen LogP contribution in [0.4, 0.5) is 0 Å². The number of benzene rings is 2. The van der Waals surface area contributed by atoms with Crippen molar-refractivity contribution in [1.29, 1.82) is 0 Å². The summed E-state index contributed by atoms with van der Waals surface area (Å²) in [5.74, 6) is 1.28. The lowest BCUT2D eigenvalue weighted by molar-refractivity contribution is -0.690. The molecule has 6 heteroatoms. The van der Waals surface area contributed by atoms with Crippen LogP contribution in [-0.2, 0) is 30.7 Å². The summed E-state index contributed by atoms with van der Waals surface area (Å²) in [6.07, 6.45) is 5.06. The summed E-state index contributed by atoms with van der Waals surface area (Å²) in [4.78, 5) is 12.4. The van der Waals surface area contributed by atoms with E-state index in [0.29, 0.717) is 13.1 Å². The molecule has 146 valence electrons. The molecule has 0 radical (unpaired) electrons. The quantitative estimate of drug-likeness (QED) is 0.581. The van der Waals surface area contributed by atoms with Crippen molar-refractivity contribution in [3.63, 3.8) is 0 Å². The van der Waals surface area contributed by atoms with Crippen LogP contribution in [0.25, 0.3) is 11.3 Å². The lowest BCUT2D eigenvalue weighted by Gasteiger charge is -2.04. The van der Waals surface area contributed by atoms with Crippen LogP contribution < -0.4 is 22.3 Å². The summed E-state index contributed by atoms with van der Waals surface area (Å²) in [5.41, 5.74) is 3.52. The number of fused-ring (bicyclic) bond motifs is 1. The number of imidazole rings is 1. The van der Waals surface area contributed by atoms with Gasteiger partial charge in [-0.1, -0.05) is 41.9 Å². The first-order chi connectivity index (χ1) is 13.2. The summed E-state index contributed by atoms with van der Waals surface area (Å²) in [5, 5.41) is 3.77. The molecule has 0 unspecified atom stereocenters. The van der Waals surface area contributed by atoms with Crippen LogP contribution in [0.3, 0.4) is 0 Å². The van der Waals surface area contributed by atoms with E-state index < -0.39 is 0 Å². The van der Waals surface area contributed by atoms with E-state index in [1.54, 1.807) is 0 Å². The van der Waals surface area contributed by atoms with Gasteiger partial charge in [-0.2, -0.15) is 0 Å². The summed E-state index contributed by atoms with van der Waals surface area (Å²) < 4.78 is 4.41. The Morgan fingerprint density at radius 1 is 1.11 bits per heavy atom. The first-order valence-electron chi connectivity index (χ1n) is 9.39. The molecule has 1 N–H and O–H groups in total. The molecule has 0 atom stereocenters. The average molecular weight is 416 g/mol. The smallest absolute Gasteiger partial charge is 0.262 e. The molecule has 2 aromatic carbocycles. The number of hydrogen-bond donors (Lipinski definition) is 1. The molecule has 2 heterocycles. The van der Waals surface area contributed by atoms with Gasteiger partial charge < -0.3 is 17.7 Å². The largest absolute Gasteiger partial charge is 1.00 e. The second kappa shape index (κ2) is 9.26. The van der Waals surface area contributed by atoms with Crippen molar-refractivity contribution in [3.8, 4) is 11.3 Å². The fourth-order valence-corrected chi connectivity index (χ4v) is 3.82. The van der Waals surface area contributed by atoms with E-state index in [0.717, 1.165) is 42.1 Å². The standard InChI is InChI=1S/C22H22ClN3O.ClH/c23-19-10-8-18(9-11-19)20-15-25(22-7-4-14-26(20)22)16-21(27)24-13-12-17-5-2-1-3-6-17;/h1-3,5-6,8-11,15H,4,7,12-14,16H2;1H. The second-order valence-corrected chi connectivity index (χ2v) is 7.34. The number of carbonyl (C=O) groups excluding carboxylic acids is 1. The van der Waals surface area contributed by atoms with E-state index >= 15 is 0 Å². The fraction of sp³-hybridized carbons (Fsp3) is 0.273. The van der Waals surface area contributed by atoms with Crippen molar-refractivity contribution in [2.75, 3.05) is 6.54 Å².